The summed E-state index contributed by atoms with van der Waals surface area (Å²) in [6.07, 6.45) is 0. The largest absolute Gasteiger partial charge is 0.481 e. The molecule has 0 bridgehead atoms. The smallest absolute Gasteiger partial charge is 0.260 e. The van der Waals surface area contributed by atoms with Crippen molar-refractivity contribution in [3.63, 3.8) is 0 Å². The molecule has 0 saturated carbocycles. The van der Waals surface area contributed by atoms with Crippen molar-refractivity contribution >= 4 is 11.6 Å². The predicted octanol–water partition coefficient (Wildman–Crippen LogP) is 0.785. The standard InChI is InChI=1S/C12H14F2N2O3/c13-8-6-11(9(14)5-10(8)15)19-7-12(17)16-1-3-18-4-2-16/h5-6H,1-4,7,15H2. The summed E-state index contributed by atoms with van der Waals surface area (Å²) in [5, 5.41) is 0. The molecule has 2 rings (SSSR count). The topological polar surface area (TPSA) is 64.8 Å². The van der Waals surface area contributed by atoms with Crippen molar-refractivity contribution in [2.75, 3.05) is 38.6 Å². The molecule has 1 heterocycles. The molecule has 0 spiro atoms. The Morgan fingerprint density at radius 2 is 2.00 bits per heavy atom. The maximum Gasteiger partial charge on any atom is 0.260 e. The first-order valence-electron chi connectivity index (χ1n) is 5.81. The predicted molar refractivity (Wildman–Crippen MR) is 63.7 cm³/mol. The molecule has 0 radical (unpaired) electrons. The number of nitrogens with two attached hydrogens (primary N) is 1. The fourth-order valence-corrected chi connectivity index (χ4v) is 1.70. The minimum atomic E-state index is -0.798. The van der Waals surface area contributed by atoms with Crippen LogP contribution in [0.2, 0.25) is 0 Å². The highest BCUT2D eigenvalue weighted by Gasteiger charge is 2.18. The average Bonchev–Trinajstić information content (AvgIpc) is 2.42. The molecule has 1 aromatic carbocycles. The van der Waals surface area contributed by atoms with Gasteiger partial charge in [-0.15, -0.1) is 0 Å². The van der Waals surface area contributed by atoms with Crippen LogP contribution in [0.15, 0.2) is 12.1 Å². The Morgan fingerprint density at radius 1 is 1.32 bits per heavy atom. The molecule has 1 saturated heterocycles. The van der Waals surface area contributed by atoms with Crippen LogP contribution in [0.5, 0.6) is 5.75 Å². The molecule has 1 fully saturated rings. The molecule has 1 aliphatic rings. The van der Waals surface area contributed by atoms with E-state index in [4.69, 9.17) is 15.2 Å². The number of halogens is 2. The van der Waals surface area contributed by atoms with Crippen molar-refractivity contribution in [2.45, 2.75) is 0 Å². The van der Waals surface area contributed by atoms with Crippen molar-refractivity contribution < 1.29 is 23.0 Å². The van der Waals surface area contributed by atoms with Gasteiger partial charge in [-0.25, -0.2) is 8.78 Å². The number of morpholine rings is 1. The van der Waals surface area contributed by atoms with E-state index < -0.39 is 11.6 Å². The Hall–Kier alpha value is -1.89. The van der Waals surface area contributed by atoms with Gasteiger partial charge in [0.05, 0.1) is 18.9 Å². The Bertz CT molecular complexity index is 476. The van der Waals surface area contributed by atoms with Gasteiger partial charge in [0.2, 0.25) is 0 Å². The van der Waals surface area contributed by atoms with Crippen molar-refractivity contribution in [2.24, 2.45) is 0 Å². The number of hydrogen-bond acceptors (Lipinski definition) is 4. The van der Waals surface area contributed by atoms with Crippen LogP contribution in [0.25, 0.3) is 0 Å². The van der Waals surface area contributed by atoms with Crippen LogP contribution in [0.1, 0.15) is 0 Å². The number of ether oxygens (including phenoxy) is 2. The molecule has 2 N–H and O–H groups in total. The number of amides is 1. The third-order valence-corrected chi connectivity index (χ3v) is 2.77. The van der Waals surface area contributed by atoms with E-state index in [0.29, 0.717) is 26.3 Å². The fraction of sp³-hybridized carbons (Fsp3) is 0.417. The molecule has 0 aliphatic carbocycles. The number of carbonyl (C=O) groups is 1. The van der Waals surface area contributed by atoms with Crippen molar-refractivity contribution in [1.82, 2.24) is 4.90 Å². The van der Waals surface area contributed by atoms with Gasteiger partial charge in [-0.1, -0.05) is 0 Å². The van der Waals surface area contributed by atoms with E-state index in [-0.39, 0.29) is 24.0 Å². The van der Waals surface area contributed by atoms with Crippen LogP contribution >= 0.6 is 0 Å². The van der Waals surface area contributed by atoms with Gasteiger partial charge in [-0.3, -0.25) is 4.79 Å². The second kappa shape index (κ2) is 5.83. The van der Waals surface area contributed by atoms with Crippen LogP contribution in [-0.4, -0.2) is 43.7 Å². The van der Waals surface area contributed by atoms with Gasteiger partial charge >= 0.3 is 0 Å². The molecule has 5 nitrogen and oxygen atoms in total. The van der Waals surface area contributed by atoms with E-state index in [1.807, 2.05) is 0 Å². The molecule has 104 valence electrons. The summed E-state index contributed by atoms with van der Waals surface area (Å²) in [5.74, 6) is -2.20. The first kappa shape index (κ1) is 13.5. The third kappa shape index (κ3) is 3.31. The van der Waals surface area contributed by atoms with Crippen LogP contribution in [0.3, 0.4) is 0 Å². The minimum Gasteiger partial charge on any atom is -0.481 e. The molecule has 0 unspecified atom stereocenters. The molecule has 0 atom stereocenters. The van der Waals surface area contributed by atoms with Crippen LogP contribution in [0, 0.1) is 11.6 Å². The van der Waals surface area contributed by atoms with Crippen molar-refractivity contribution in [3.05, 3.63) is 23.8 Å². The zero-order chi connectivity index (χ0) is 13.8. The number of rotatable bonds is 3. The van der Waals surface area contributed by atoms with E-state index in [0.717, 1.165) is 12.1 Å². The summed E-state index contributed by atoms with van der Waals surface area (Å²) in [6, 6.07) is 1.65. The highest BCUT2D eigenvalue weighted by atomic mass is 19.1. The molecule has 1 aromatic rings. The van der Waals surface area contributed by atoms with Crippen molar-refractivity contribution in [1.29, 1.82) is 0 Å². The zero-order valence-electron chi connectivity index (χ0n) is 10.2. The van der Waals surface area contributed by atoms with Crippen LogP contribution < -0.4 is 10.5 Å². The summed E-state index contributed by atoms with van der Waals surface area (Å²) in [6.45, 7) is 1.54. The fourth-order valence-electron chi connectivity index (χ4n) is 1.70. The molecular weight excluding hydrogens is 258 g/mol. The zero-order valence-corrected chi connectivity index (χ0v) is 10.2. The van der Waals surface area contributed by atoms with Gasteiger partial charge in [0.15, 0.2) is 18.2 Å². The summed E-state index contributed by atoms with van der Waals surface area (Å²) < 4.78 is 36.6. The number of nitrogen functional groups attached to an aromatic ring is 1. The number of carbonyl (C=O) groups excluding carboxylic acids is 1. The summed E-state index contributed by atoms with van der Waals surface area (Å²) >= 11 is 0. The second-order valence-electron chi connectivity index (χ2n) is 4.09. The lowest BCUT2D eigenvalue weighted by molar-refractivity contribution is -0.137. The van der Waals surface area contributed by atoms with Gasteiger partial charge < -0.3 is 20.1 Å². The average molecular weight is 272 g/mol. The second-order valence-corrected chi connectivity index (χ2v) is 4.09. The molecule has 7 heteroatoms. The monoisotopic (exact) mass is 272 g/mol. The normalized spacial score (nSPS) is 15.4. The van der Waals surface area contributed by atoms with E-state index in [9.17, 15) is 13.6 Å². The van der Waals surface area contributed by atoms with Gasteiger partial charge in [-0.2, -0.15) is 0 Å². The highest BCUT2D eigenvalue weighted by Crippen LogP contribution is 2.22. The quantitative estimate of drug-likeness (QED) is 0.826. The minimum absolute atomic E-state index is 0.292. The molecular formula is C12H14F2N2O3. The molecule has 1 aliphatic heterocycles. The van der Waals surface area contributed by atoms with Gasteiger partial charge in [0.25, 0.3) is 5.91 Å². The number of hydrogen-bond donors (Lipinski definition) is 1. The number of anilines is 1. The summed E-state index contributed by atoms with van der Waals surface area (Å²) in [7, 11) is 0. The Balaban J connectivity index is 1.94. The molecule has 1 amide bonds. The van der Waals surface area contributed by atoms with Gasteiger partial charge in [-0.05, 0) is 0 Å². The first-order chi connectivity index (χ1) is 9.08. The Morgan fingerprint density at radius 3 is 2.68 bits per heavy atom. The summed E-state index contributed by atoms with van der Waals surface area (Å²) in [4.78, 5) is 13.3. The SMILES string of the molecule is Nc1cc(F)c(OCC(=O)N2CCOCC2)cc1F. The van der Waals surface area contributed by atoms with E-state index in [1.165, 1.54) is 0 Å². The van der Waals surface area contributed by atoms with E-state index in [1.54, 1.807) is 4.90 Å². The Labute approximate surface area is 108 Å². The highest BCUT2D eigenvalue weighted by molar-refractivity contribution is 5.77. The molecule has 19 heavy (non-hydrogen) atoms. The maximum absolute atomic E-state index is 13.4. The van der Waals surface area contributed by atoms with Crippen molar-refractivity contribution in [3.8, 4) is 5.75 Å². The first-order valence-corrected chi connectivity index (χ1v) is 5.81. The maximum atomic E-state index is 13.4. The van der Waals surface area contributed by atoms with Crippen LogP contribution in [0.4, 0.5) is 14.5 Å². The number of nitrogens with zero attached hydrogens (tertiary/aromatic N) is 1. The van der Waals surface area contributed by atoms with E-state index in [2.05, 4.69) is 0 Å². The lowest BCUT2D eigenvalue weighted by Gasteiger charge is -2.26. The molecule has 0 aromatic heterocycles. The summed E-state index contributed by atoms with van der Waals surface area (Å²) in [5.41, 5.74) is 4.90. The Kier molecular flexibility index (Phi) is 4.16. The third-order valence-electron chi connectivity index (χ3n) is 2.77. The van der Waals surface area contributed by atoms with E-state index >= 15 is 0 Å². The van der Waals surface area contributed by atoms with Gasteiger partial charge in [0, 0.05) is 25.2 Å². The lowest BCUT2D eigenvalue weighted by atomic mass is 10.3. The van der Waals surface area contributed by atoms with Crippen LogP contribution in [-0.2, 0) is 9.53 Å². The van der Waals surface area contributed by atoms with Gasteiger partial charge in [0.1, 0.15) is 5.82 Å². The lowest BCUT2D eigenvalue weighted by Crippen LogP contribution is -2.43. The number of benzene rings is 1.